The molecule has 0 aromatic carbocycles. The van der Waals surface area contributed by atoms with Crippen molar-refractivity contribution in [1.82, 2.24) is 15.1 Å². The highest BCUT2D eigenvalue weighted by atomic mass is 15.3. The highest BCUT2D eigenvalue weighted by Gasteiger charge is 2.21. The van der Waals surface area contributed by atoms with Gasteiger partial charge in [0, 0.05) is 32.7 Å². The van der Waals surface area contributed by atoms with Gasteiger partial charge in [-0.15, -0.1) is 0 Å². The molecule has 2 rings (SSSR count). The van der Waals surface area contributed by atoms with Crippen LogP contribution in [-0.2, 0) is 0 Å². The second kappa shape index (κ2) is 4.22. The zero-order valence-electron chi connectivity index (χ0n) is 8.37. The van der Waals surface area contributed by atoms with E-state index < -0.39 is 0 Å². The standard InChI is InChI=1S/C10H19N3/c1-12-6-8-13(9-7-12)10-4-2-3-5-11-10/h2-3,10-11H,4-9H2,1H3. The molecule has 0 aromatic rings. The Hall–Kier alpha value is -0.380. The highest BCUT2D eigenvalue weighted by molar-refractivity contribution is 4.94. The first-order valence-corrected chi connectivity index (χ1v) is 5.17. The molecule has 0 saturated carbocycles. The van der Waals surface area contributed by atoms with E-state index in [1.807, 2.05) is 0 Å². The molecule has 1 atom stereocenters. The maximum Gasteiger partial charge on any atom is 0.0635 e. The van der Waals surface area contributed by atoms with Crippen LogP contribution in [0.1, 0.15) is 6.42 Å². The van der Waals surface area contributed by atoms with Crippen LogP contribution < -0.4 is 5.32 Å². The Bertz CT molecular complexity index is 183. The van der Waals surface area contributed by atoms with Crippen LogP contribution >= 0.6 is 0 Å². The summed E-state index contributed by atoms with van der Waals surface area (Å²) >= 11 is 0. The summed E-state index contributed by atoms with van der Waals surface area (Å²) in [5.74, 6) is 0. The van der Waals surface area contributed by atoms with Crippen LogP contribution in [0.25, 0.3) is 0 Å². The fourth-order valence-corrected chi connectivity index (χ4v) is 2.01. The second-order valence-electron chi connectivity index (χ2n) is 3.97. The third kappa shape index (κ3) is 2.30. The van der Waals surface area contributed by atoms with E-state index in [0.29, 0.717) is 6.17 Å². The van der Waals surface area contributed by atoms with Crippen molar-refractivity contribution in [2.45, 2.75) is 12.6 Å². The number of rotatable bonds is 1. The van der Waals surface area contributed by atoms with Crippen LogP contribution in [-0.4, -0.2) is 55.7 Å². The van der Waals surface area contributed by atoms with Crippen LogP contribution in [0.3, 0.4) is 0 Å². The van der Waals surface area contributed by atoms with Crippen LogP contribution in [0.15, 0.2) is 12.2 Å². The molecule has 3 heteroatoms. The minimum Gasteiger partial charge on any atom is -0.304 e. The van der Waals surface area contributed by atoms with E-state index in [2.05, 4.69) is 34.3 Å². The summed E-state index contributed by atoms with van der Waals surface area (Å²) in [7, 11) is 2.20. The van der Waals surface area contributed by atoms with Gasteiger partial charge in [0.2, 0.25) is 0 Å². The molecule has 0 amide bonds. The zero-order valence-corrected chi connectivity index (χ0v) is 8.37. The quantitative estimate of drug-likeness (QED) is 0.579. The first kappa shape index (κ1) is 9.19. The van der Waals surface area contributed by atoms with E-state index >= 15 is 0 Å². The summed E-state index contributed by atoms with van der Waals surface area (Å²) in [5, 5.41) is 3.52. The Balaban J connectivity index is 1.83. The Morgan fingerprint density at radius 1 is 1.15 bits per heavy atom. The van der Waals surface area contributed by atoms with Gasteiger partial charge < -0.3 is 4.90 Å². The topological polar surface area (TPSA) is 18.5 Å². The lowest BCUT2D eigenvalue weighted by Crippen LogP contribution is -2.54. The van der Waals surface area contributed by atoms with Crippen molar-refractivity contribution < 1.29 is 0 Å². The van der Waals surface area contributed by atoms with E-state index in [1.165, 1.54) is 32.6 Å². The summed E-state index contributed by atoms with van der Waals surface area (Å²) in [6.45, 7) is 5.88. The molecule has 2 aliphatic heterocycles. The van der Waals surface area contributed by atoms with Crippen molar-refractivity contribution >= 4 is 0 Å². The minimum absolute atomic E-state index is 0.596. The van der Waals surface area contributed by atoms with Gasteiger partial charge in [-0.2, -0.15) is 0 Å². The van der Waals surface area contributed by atoms with E-state index in [1.54, 1.807) is 0 Å². The van der Waals surface area contributed by atoms with E-state index in [9.17, 15) is 0 Å². The second-order valence-corrected chi connectivity index (χ2v) is 3.97. The summed E-state index contributed by atoms with van der Waals surface area (Å²) in [5.41, 5.74) is 0. The average molecular weight is 181 g/mol. The van der Waals surface area contributed by atoms with Gasteiger partial charge >= 0.3 is 0 Å². The predicted molar refractivity (Wildman–Crippen MR) is 54.6 cm³/mol. The molecular formula is C10H19N3. The van der Waals surface area contributed by atoms with Gasteiger partial charge in [0.05, 0.1) is 6.17 Å². The maximum atomic E-state index is 3.52. The molecule has 0 aliphatic carbocycles. The molecule has 0 bridgehead atoms. The molecule has 1 fully saturated rings. The summed E-state index contributed by atoms with van der Waals surface area (Å²) < 4.78 is 0. The predicted octanol–water partition coefficient (Wildman–Crippen LogP) is 0.109. The maximum absolute atomic E-state index is 3.52. The Kier molecular flexibility index (Phi) is 2.98. The Labute approximate surface area is 80.4 Å². The minimum atomic E-state index is 0.596. The lowest BCUT2D eigenvalue weighted by atomic mass is 10.2. The van der Waals surface area contributed by atoms with Crippen molar-refractivity contribution in [2.24, 2.45) is 0 Å². The van der Waals surface area contributed by atoms with Gasteiger partial charge in [-0.25, -0.2) is 0 Å². The number of piperazine rings is 1. The van der Waals surface area contributed by atoms with Crippen molar-refractivity contribution in [2.75, 3.05) is 39.8 Å². The number of hydrogen-bond donors (Lipinski definition) is 1. The molecule has 1 saturated heterocycles. The van der Waals surface area contributed by atoms with Crippen LogP contribution in [0.2, 0.25) is 0 Å². The molecule has 0 radical (unpaired) electrons. The van der Waals surface area contributed by atoms with Crippen LogP contribution in [0.4, 0.5) is 0 Å². The van der Waals surface area contributed by atoms with Gasteiger partial charge in [-0.1, -0.05) is 12.2 Å². The number of nitrogens with zero attached hydrogens (tertiary/aromatic N) is 2. The molecule has 2 aliphatic rings. The monoisotopic (exact) mass is 181 g/mol. The zero-order chi connectivity index (χ0) is 9.10. The molecule has 2 heterocycles. The van der Waals surface area contributed by atoms with E-state index in [-0.39, 0.29) is 0 Å². The van der Waals surface area contributed by atoms with Crippen LogP contribution in [0.5, 0.6) is 0 Å². The average Bonchev–Trinajstić information content (AvgIpc) is 2.20. The number of nitrogens with one attached hydrogen (secondary N) is 1. The van der Waals surface area contributed by atoms with Crippen molar-refractivity contribution in [3.63, 3.8) is 0 Å². The molecule has 3 nitrogen and oxygen atoms in total. The normalized spacial score (nSPS) is 32.2. The van der Waals surface area contributed by atoms with E-state index in [4.69, 9.17) is 0 Å². The van der Waals surface area contributed by atoms with Gasteiger partial charge in [-0.3, -0.25) is 10.2 Å². The molecule has 0 aromatic heterocycles. The molecule has 1 unspecified atom stereocenters. The Morgan fingerprint density at radius 2 is 1.92 bits per heavy atom. The summed E-state index contributed by atoms with van der Waals surface area (Å²) in [6, 6.07) is 0. The smallest absolute Gasteiger partial charge is 0.0635 e. The SMILES string of the molecule is CN1CCN(C2CC=CCN2)CC1. The lowest BCUT2D eigenvalue weighted by molar-refractivity contribution is 0.0952. The van der Waals surface area contributed by atoms with Gasteiger partial charge in [-0.05, 0) is 13.5 Å². The van der Waals surface area contributed by atoms with Gasteiger partial charge in [0.25, 0.3) is 0 Å². The van der Waals surface area contributed by atoms with Crippen molar-refractivity contribution in [1.29, 1.82) is 0 Å². The fraction of sp³-hybridized carbons (Fsp3) is 0.800. The summed E-state index contributed by atoms with van der Waals surface area (Å²) in [6.07, 6.45) is 6.27. The van der Waals surface area contributed by atoms with Crippen LogP contribution in [0, 0.1) is 0 Å². The van der Waals surface area contributed by atoms with E-state index in [0.717, 1.165) is 6.54 Å². The number of likely N-dealkylation sites (N-methyl/N-ethyl adjacent to an activating group) is 1. The molecule has 0 spiro atoms. The largest absolute Gasteiger partial charge is 0.304 e. The lowest BCUT2D eigenvalue weighted by Gasteiger charge is -2.38. The van der Waals surface area contributed by atoms with Crippen molar-refractivity contribution in [3.8, 4) is 0 Å². The molecule has 13 heavy (non-hydrogen) atoms. The highest BCUT2D eigenvalue weighted by Crippen LogP contribution is 2.08. The fourth-order valence-electron chi connectivity index (χ4n) is 2.01. The first-order chi connectivity index (χ1) is 6.36. The first-order valence-electron chi connectivity index (χ1n) is 5.17. The van der Waals surface area contributed by atoms with Crippen molar-refractivity contribution in [3.05, 3.63) is 12.2 Å². The summed E-state index contributed by atoms with van der Waals surface area (Å²) in [4.78, 5) is 4.96. The molecule has 74 valence electrons. The third-order valence-electron chi connectivity index (χ3n) is 2.98. The molecular weight excluding hydrogens is 162 g/mol. The number of hydrogen-bond acceptors (Lipinski definition) is 3. The molecule has 1 N–H and O–H groups in total. The third-order valence-corrected chi connectivity index (χ3v) is 2.98. The van der Waals surface area contributed by atoms with Gasteiger partial charge in [0.1, 0.15) is 0 Å². The van der Waals surface area contributed by atoms with Gasteiger partial charge in [0.15, 0.2) is 0 Å². The Morgan fingerprint density at radius 3 is 2.54 bits per heavy atom.